The van der Waals surface area contributed by atoms with Gasteiger partial charge in [-0.3, -0.25) is 14.9 Å². The van der Waals surface area contributed by atoms with Gasteiger partial charge in [-0.05, 0) is 30.5 Å². The Morgan fingerprint density at radius 1 is 1.17 bits per heavy atom. The zero-order valence-corrected chi connectivity index (χ0v) is 17.1. The van der Waals surface area contributed by atoms with E-state index in [4.69, 9.17) is 0 Å². The average molecular weight is 430 g/mol. The molecule has 1 unspecified atom stereocenters. The van der Waals surface area contributed by atoms with Crippen molar-refractivity contribution in [3.8, 4) is 0 Å². The molecular weight excluding hydrogens is 408 g/mol. The molecule has 0 radical (unpaired) electrons. The number of thiazole rings is 1. The van der Waals surface area contributed by atoms with Crippen LogP contribution < -0.4 is 16.0 Å². The Kier molecular flexibility index (Phi) is 6.78. The van der Waals surface area contributed by atoms with Gasteiger partial charge in [0.2, 0.25) is 5.91 Å². The predicted octanol–water partition coefficient (Wildman–Crippen LogP) is 3.42. The van der Waals surface area contributed by atoms with Crippen LogP contribution in [0.1, 0.15) is 54.6 Å². The Morgan fingerprint density at radius 2 is 1.90 bits per heavy atom. The molecule has 158 valence electrons. The van der Waals surface area contributed by atoms with Crippen LogP contribution in [0.3, 0.4) is 0 Å². The summed E-state index contributed by atoms with van der Waals surface area (Å²) < 4.78 is 0. The zero-order chi connectivity index (χ0) is 21.7. The number of amides is 3. The normalized spacial score (nSPS) is 14.7. The summed E-state index contributed by atoms with van der Waals surface area (Å²) in [5, 5.41) is 19.3. The molecule has 1 aliphatic carbocycles. The standard InChI is InChI=1S/C20H22N4O5S/c1-11(25)22-16(18(27)28)14-7-6-13(23-19(29)24-20-21-8-9-30-20)10-15(14)17(26)12-4-2-3-5-12/h6-10,12,16H,2-5H2,1H3,(H,22,25)(H,27,28)(H2,21,23,24,29). The minimum absolute atomic E-state index is 0.178. The topological polar surface area (TPSA) is 137 Å². The Balaban J connectivity index is 1.91. The molecule has 10 heteroatoms. The number of nitrogens with zero attached hydrogens (tertiary/aromatic N) is 1. The molecule has 30 heavy (non-hydrogen) atoms. The van der Waals surface area contributed by atoms with Crippen molar-refractivity contribution in [1.82, 2.24) is 10.3 Å². The lowest BCUT2D eigenvalue weighted by atomic mass is 9.89. The number of carboxylic acid groups (broad SMARTS) is 1. The van der Waals surface area contributed by atoms with E-state index in [1.54, 1.807) is 11.6 Å². The smallest absolute Gasteiger partial charge is 0.330 e. The number of carbonyl (C=O) groups is 4. The molecule has 3 rings (SSSR count). The Hall–Kier alpha value is -3.27. The average Bonchev–Trinajstić information content (AvgIpc) is 3.39. The van der Waals surface area contributed by atoms with E-state index in [1.165, 1.54) is 36.5 Å². The fourth-order valence-electron chi connectivity index (χ4n) is 3.53. The molecule has 0 spiro atoms. The summed E-state index contributed by atoms with van der Waals surface area (Å²) in [7, 11) is 0. The molecule has 1 heterocycles. The van der Waals surface area contributed by atoms with E-state index in [9.17, 15) is 24.3 Å². The third-order valence-electron chi connectivity index (χ3n) is 4.86. The molecule has 2 aromatic rings. The van der Waals surface area contributed by atoms with Gasteiger partial charge in [0.05, 0.1) is 0 Å². The number of ketones is 1. The highest BCUT2D eigenvalue weighted by Crippen LogP contribution is 2.32. The number of aromatic nitrogens is 1. The van der Waals surface area contributed by atoms with Crippen molar-refractivity contribution in [2.75, 3.05) is 10.6 Å². The minimum Gasteiger partial charge on any atom is -0.479 e. The van der Waals surface area contributed by atoms with Crippen LogP contribution >= 0.6 is 11.3 Å². The molecule has 1 aliphatic rings. The van der Waals surface area contributed by atoms with Crippen LogP contribution in [0.25, 0.3) is 0 Å². The zero-order valence-electron chi connectivity index (χ0n) is 16.3. The summed E-state index contributed by atoms with van der Waals surface area (Å²) in [6.45, 7) is 1.22. The first-order valence-electron chi connectivity index (χ1n) is 9.50. The van der Waals surface area contributed by atoms with Crippen molar-refractivity contribution < 1.29 is 24.3 Å². The number of aliphatic carboxylic acids is 1. The van der Waals surface area contributed by atoms with Gasteiger partial charge in [0.25, 0.3) is 0 Å². The van der Waals surface area contributed by atoms with Gasteiger partial charge in [0.15, 0.2) is 17.0 Å². The van der Waals surface area contributed by atoms with Gasteiger partial charge in [-0.15, -0.1) is 11.3 Å². The number of hydrogen-bond acceptors (Lipinski definition) is 6. The molecule has 1 aromatic carbocycles. The highest BCUT2D eigenvalue weighted by Gasteiger charge is 2.31. The van der Waals surface area contributed by atoms with Crippen molar-refractivity contribution >= 4 is 45.8 Å². The maximum Gasteiger partial charge on any atom is 0.330 e. The molecule has 9 nitrogen and oxygen atoms in total. The fraction of sp³-hybridized carbons (Fsp3) is 0.350. The number of benzene rings is 1. The third-order valence-corrected chi connectivity index (χ3v) is 5.55. The number of Topliss-reactive ketones (excluding diaryl/α,β-unsaturated/α-hetero) is 1. The lowest BCUT2D eigenvalue weighted by Crippen LogP contribution is -2.33. The van der Waals surface area contributed by atoms with Gasteiger partial charge in [-0.25, -0.2) is 14.6 Å². The monoisotopic (exact) mass is 430 g/mol. The Bertz CT molecular complexity index is 954. The molecule has 1 saturated carbocycles. The van der Waals surface area contributed by atoms with E-state index in [1.807, 2.05) is 0 Å². The van der Waals surface area contributed by atoms with Crippen LogP contribution in [0.5, 0.6) is 0 Å². The van der Waals surface area contributed by atoms with Gasteiger partial charge in [0, 0.05) is 35.7 Å². The van der Waals surface area contributed by atoms with Crippen molar-refractivity contribution in [3.05, 3.63) is 40.9 Å². The molecule has 4 N–H and O–H groups in total. The first kappa shape index (κ1) is 21.4. The number of anilines is 2. The second-order valence-corrected chi connectivity index (χ2v) is 7.93. The van der Waals surface area contributed by atoms with E-state index in [0.717, 1.165) is 25.7 Å². The molecule has 0 saturated heterocycles. The third kappa shape index (κ3) is 5.20. The van der Waals surface area contributed by atoms with E-state index >= 15 is 0 Å². The number of carboxylic acids is 1. The summed E-state index contributed by atoms with van der Waals surface area (Å²) in [5.41, 5.74) is 0.719. The fourth-order valence-corrected chi connectivity index (χ4v) is 4.05. The SMILES string of the molecule is CC(=O)NC(C(=O)O)c1ccc(NC(=O)Nc2nccs2)cc1C(=O)C1CCCC1. The van der Waals surface area contributed by atoms with Gasteiger partial charge >= 0.3 is 12.0 Å². The number of urea groups is 1. The second-order valence-electron chi connectivity index (χ2n) is 7.04. The quantitative estimate of drug-likeness (QED) is 0.497. The van der Waals surface area contributed by atoms with Crippen LogP contribution in [0.4, 0.5) is 15.6 Å². The van der Waals surface area contributed by atoms with Crippen LogP contribution in [0.15, 0.2) is 29.8 Å². The van der Waals surface area contributed by atoms with E-state index < -0.39 is 23.9 Å². The van der Waals surface area contributed by atoms with Crippen LogP contribution in [-0.2, 0) is 9.59 Å². The number of carbonyl (C=O) groups excluding carboxylic acids is 3. The molecule has 3 amide bonds. The van der Waals surface area contributed by atoms with Crippen molar-refractivity contribution in [2.24, 2.45) is 5.92 Å². The van der Waals surface area contributed by atoms with Crippen molar-refractivity contribution in [2.45, 2.75) is 38.6 Å². The van der Waals surface area contributed by atoms with Crippen molar-refractivity contribution in [3.63, 3.8) is 0 Å². The molecule has 1 aromatic heterocycles. The van der Waals surface area contributed by atoms with E-state index in [2.05, 4.69) is 20.9 Å². The van der Waals surface area contributed by atoms with Crippen LogP contribution in [0.2, 0.25) is 0 Å². The van der Waals surface area contributed by atoms with Gasteiger partial charge in [-0.2, -0.15) is 0 Å². The van der Waals surface area contributed by atoms with E-state index in [0.29, 0.717) is 10.8 Å². The highest BCUT2D eigenvalue weighted by molar-refractivity contribution is 7.13. The number of rotatable bonds is 7. The minimum atomic E-state index is -1.36. The largest absolute Gasteiger partial charge is 0.479 e. The summed E-state index contributed by atoms with van der Waals surface area (Å²) in [6.07, 6.45) is 4.90. The first-order chi connectivity index (χ1) is 14.3. The Morgan fingerprint density at radius 3 is 2.50 bits per heavy atom. The van der Waals surface area contributed by atoms with E-state index in [-0.39, 0.29) is 22.8 Å². The molecule has 0 aliphatic heterocycles. The highest BCUT2D eigenvalue weighted by atomic mass is 32.1. The summed E-state index contributed by atoms with van der Waals surface area (Å²) in [4.78, 5) is 52.6. The van der Waals surface area contributed by atoms with Crippen LogP contribution in [0, 0.1) is 5.92 Å². The first-order valence-corrected chi connectivity index (χ1v) is 10.4. The molecule has 0 bridgehead atoms. The number of nitrogens with one attached hydrogen (secondary N) is 3. The molecular formula is C20H22N4O5S. The van der Waals surface area contributed by atoms with Crippen molar-refractivity contribution in [1.29, 1.82) is 0 Å². The Labute approximate surface area is 176 Å². The summed E-state index contributed by atoms with van der Waals surface area (Å²) in [6, 6.07) is 2.53. The van der Waals surface area contributed by atoms with Gasteiger partial charge < -0.3 is 15.7 Å². The van der Waals surface area contributed by atoms with Gasteiger partial charge in [0.1, 0.15) is 0 Å². The molecule has 1 fully saturated rings. The summed E-state index contributed by atoms with van der Waals surface area (Å²) in [5.74, 6) is -2.17. The predicted molar refractivity (Wildman–Crippen MR) is 112 cm³/mol. The second kappa shape index (κ2) is 9.49. The lowest BCUT2D eigenvalue weighted by molar-refractivity contribution is -0.141. The maximum absolute atomic E-state index is 13.1. The van der Waals surface area contributed by atoms with Gasteiger partial charge in [-0.1, -0.05) is 18.9 Å². The lowest BCUT2D eigenvalue weighted by Gasteiger charge is -2.20. The maximum atomic E-state index is 13.1. The number of hydrogen-bond donors (Lipinski definition) is 4. The molecule has 1 atom stereocenters. The van der Waals surface area contributed by atoms with Crippen LogP contribution in [-0.4, -0.2) is 33.8 Å². The summed E-state index contributed by atoms with van der Waals surface area (Å²) >= 11 is 1.26.